The lowest BCUT2D eigenvalue weighted by Crippen LogP contribution is -2.16. The van der Waals surface area contributed by atoms with Gasteiger partial charge in [-0.2, -0.15) is 5.10 Å². The molecule has 1 heterocycles. The second-order valence-electron chi connectivity index (χ2n) is 3.04. The molecule has 0 atom stereocenters. The van der Waals surface area contributed by atoms with Crippen LogP contribution in [0.1, 0.15) is 5.69 Å². The standard InChI is InChI=1S/C9H15N3O2/c1-12-4-2-8(11-12)6-9(13)7-14-5-3-10/h2,4H,3,5-7,10H2,1H3. The zero-order valence-electron chi connectivity index (χ0n) is 8.27. The minimum absolute atomic E-state index is 0.0251. The second-order valence-corrected chi connectivity index (χ2v) is 3.04. The summed E-state index contributed by atoms with van der Waals surface area (Å²) in [5.41, 5.74) is 5.99. The van der Waals surface area contributed by atoms with Crippen LogP contribution in [0.2, 0.25) is 0 Å². The highest BCUT2D eigenvalue weighted by Gasteiger charge is 2.05. The first-order chi connectivity index (χ1) is 6.72. The van der Waals surface area contributed by atoms with Crippen LogP contribution in [0.5, 0.6) is 0 Å². The predicted octanol–water partition coefficient (Wildman–Crippen LogP) is -0.493. The van der Waals surface area contributed by atoms with Crippen LogP contribution in [0.15, 0.2) is 12.3 Å². The van der Waals surface area contributed by atoms with E-state index in [1.54, 1.807) is 4.68 Å². The molecule has 0 aliphatic heterocycles. The van der Waals surface area contributed by atoms with Gasteiger partial charge in [0.05, 0.1) is 18.7 Å². The Morgan fingerprint density at radius 3 is 3.07 bits per heavy atom. The summed E-state index contributed by atoms with van der Waals surface area (Å²) >= 11 is 0. The summed E-state index contributed by atoms with van der Waals surface area (Å²) in [6, 6.07) is 1.82. The van der Waals surface area contributed by atoms with Crippen LogP contribution in [0, 0.1) is 0 Å². The maximum atomic E-state index is 11.3. The number of rotatable bonds is 6. The van der Waals surface area contributed by atoms with Gasteiger partial charge < -0.3 is 10.5 Å². The van der Waals surface area contributed by atoms with Crippen molar-refractivity contribution >= 4 is 5.78 Å². The van der Waals surface area contributed by atoms with Gasteiger partial charge in [0, 0.05) is 19.8 Å². The maximum absolute atomic E-state index is 11.3. The molecule has 78 valence electrons. The highest BCUT2D eigenvalue weighted by atomic mass is 16.5. The predicted molar refractivity (Wildman–Crippen MR) is 51.8 cm³/mol. The summed E-state index contributed by atoms with van der Waals surface area (Å²) in [5.74, 6) is 0.0251. The molecule has 0 radical (unpaired) electrons. The minimum atomic E-state index is 0.0251. The van der Waals surface area contributed by atoms with Crippen LogP contribution in [-0.2, 0) is 23.0 Å². The van der Waals surface area contributed by atoms with Gasteiger partial charge >= 0.3 is 0 Å². The molecule has 0 bridgehead atoms. The SMILES string of the molecule is Cn1ccc(CC(=O)COCCN)n1. The zero-order valence-corrected chi connectivity index (χ0v) is 8.27. The number of aromatic nitrogens is 2. The molecule has 0 aliphatic carbocycles. The third kappa shape index (κ3) is 3.68. The van der Waals surface area contributed by atoms with Crippen molar-refractivity contribution in [2.24, 2.45) is 12.8 Å². The number of nitrogens with two attached hydrogens (primary N) is 1. The molecule has 0 fully saturated rings. The number of ketones is 1. The van der Waals surface area contributed by atoms with Gasteiger partial charge in [-0.05, 0) is 6.07 Å². The van der Waals surface area contributed by atoms with Gasteiger partial charge in [-0.3, -0.25) is 9.48 Å². The topological polar surface area (TPSA) is 70.1 Å². The summed E-state index contributed by atoms with van der Waals surface area (Å²) in [6.45, 7) is 0.985. The third-order valence-corrected chi connectivity index (χ3v) is 1.67. The number of carbonyl (C=O) groups excluding carboxylic acids is 1. The first-order valence-corrected chi connectivity index (χ1v) is 4.50. The summed E-state index contributed by atoms with van der Waals surface area (Å²) in [5, 5.41) is 4.09. The first-order valence-electron chi connectivity index (χ1n) is 4.50. The monoisotopic (exact) mass is 197 g/mol. The number of carbonyl (C=O) groups is 1. The molecule has 1 aromatic rings. The second kappa shape index (κ2) is 5.51. The van der Waals surface area contributed by atoms with Crippen LogP contribution < -0.4 is 5.73 Å². The van der Waals surface area contributed by atoms with Crippen molar-refractivity contribution in [1.29, 1.82) is 0 Å². The molecule has 5 nitrogen and oxygen atoms in total. The number of hydrogen-bond acceptors (Lipinski definition) is 4. The Hall–Kier alpha value is -1.20. The summed E-state index contributed by atoms with van der Waals surface area (Å²) in [4.78, 5) is 11.3. The van der Waals surface area contributed by atoms with Gasteiger partial charge in [-0.15, -0.1) is 0 Å². The van der Waals surface area contributed by atoms with Crippen LogP contribution in [-0.4, -0.2) is 35.3 Å². The van der Waals surface area contributed by atoms with Crippen LogP contribution >= 0.6 is 0 Å². The Kier molecular flexibility index (Phi) is 4.28. The van der Waals surface area contributed by atoms with Crippen molar-refractivity contribution in [3.63, 3.8) is 0 Å². The van der Waals surface area contributed by atoms with E-state index in [-0.39, 0.29) is 12.4 Å². The third-order valence-electron chi connectivity index (χ3n) is 1.67. The van der Waals surface area contributed by atoms with Crippen molar-refractivity contribution in [3.05, 3.63) is 18.0 Å². The molecule has 0 amide bonds. The summed E-state index contributed by atoms with van der Waals surface area (Å²) in [6.07, 6.45) is 2.13. The molecule has 14 heavy (non-hydrogen) atoms. The maximum Gasteiger partial charge on any atom is 0.164 e. The van der Waals surface area contributed by atoms with E-state index < -0.39 is 0 Å². The van der Waals surface area contributed by atoms with E-state index in [9.17, 15) is 4.79 Å². The molecule has 0 aliphatic rings. The Bertz CT molecular complexity index is 296. The van der Waals surface area contributed by atoms with Gasteiger partial charge in [0.15, 0.2) is 5.78 Å². The Morgan fingerprint density at radius 1 is 1.71 bits per heavy atom. The van der Waals surface area contributed by atoms with Crippen LogP contribution in [0.3, 0.4) is 0 Å². The zero-order chi connectivity index (χ0) is 10.4. The van der Waals surface area contributed by atoms with Crippen molar-refractivity contribution < 1.29 is 9.53 Å². The lowest BCUT2D eigenvalue weighted by Gasteiger charge is -1.99. The fourth-order valence-corrected chi connectivity index (χ4v) is 1.08. The summed E-state index contributed by atoms with van der Waals surface area (Å²) in [7, 11) is 1.82. The highest BCUT2D eigenvalue weighted by molar-refractivity contribution is 5.81. The molecule has 1 aromatic heterocycles. The van der Waals surface area contributed by atoms with E-state index in [1.807, 2.05) is 19.3 Å². The molecule has 0 spiro atoms. The van der Waals surface area contributed by atoms with Crippen molar-refractivity contribution in [2.75, 3.05) is 19.8 Å². The fraction of sp³-hybridized carbons (Fsp3) is 0.556. The molecular weight excluding hydrogens is 182 g/mol. The van der Waals surface area contributed by atoms with E-state index in [0.717, 1.165) is 5.69 Å². The molecule has 2 N–H and O–H groups in total. The van der Waals surface area contributed by atoms with Crippen LogP contribution in [0.25, 0.3) is 0 Å². The largest absolute Gasteiger partial charge is 0.372 e. The fourth-order valence-electron chi connectivity index (χ4n) is 1.08. The molecule has 0 unspecified atom stereocenters. The van der Waals surface area contributed by atoms with Gasteiger partial charge in [-0.1, -0.05) is 0 Å². The smallest absolute Gasteiger partial charge is 0.164 e. The Balaban J connectivity index is 2.27. The van der Waals surface area contributed by atoms with Gasteiger partial charge in [0.2, 0.25) is 0 Å². The average molecular weight is 197 g/mol. The lowest BCUT2D eigenvalue weighted by atomic mass is 10.2. The number of hydrogen-bond donors (Lipinski definition) is 1. The lowest BCUT2D eigenvalue weighted by molar-refractivity contribution is -0.122. The normalized spacial score (nSPS) is 10.4. The number of aryl methyl sites for hydroxylation is 1. The van der Waals surface area contributed by atoms with Gasteiger partial charge in [0.25, 0.3) is 0 Å². The van der Waals surface area contributed by atoms with Crippen LogP contribution in [0.4, 0.5) is 0 Å². The molecule has 0 aromatic carbocycles. The number of ether oxygens (including phenoxy) is 1. The number of Topliss-reactive ketones (excluding diaryl/α,β-unsaturated/α-hetero) is 1. The quantitative estimate of drug-likeness (QED) is 0.624. The van der Waals surface area contributed by atoms with E-state index >= 15 is 0 Å². The molecule has 5 heteroatoms. The van der Waals surface area contributed by atoms with E-state index in [2.05, 4.69) is 5.10 Å². The first kappa shape index (κ1) is 10.9. The molecule has 1 rings (SSSR count). The van der Waals surface area contributed by atoms with Crippen molar-refractivity contribution in [1.82, 2.24) is 9.78 Å². The molecule has 0 saturated heterocycles. The van der Waals surface area contributed by atoms with E-state index in [1.165, 1.54) is 0 Å². The Morgan fingerprint density at radius 2 is 2.50 bits per heavy atom. The number of nitrogens with zero attached hydrogens (tertiary/aromatic N) is 2. The summed E-state index contributed by atoms with van der Waals surface area (Å²) < 4.78 is 6.68. The average Bonchev–Trinajstić information content (AvgIpc) is 2.52. The van der Waals surface area contributed by atoms with Gasteiger partial charge in [-0.25, -0.2) is 0 Å². The highest BCUT2D eigenvalue weighted by Crippen LogP contribution is 1.96. The van der Waals surface area contributed by atoms with E-state index in [4.69, 9.17) is 10.5 Å². The molecular formula is C9H15N3O2. The molecule has 0 saturated carbocycles. The van der Waals surface area contributed by atoms with Crippen molar-refractivity contribution in [3.8, 4) is 0 Å². The Labute approximate surface area is 82.8 Å². The van der Waals surface area contributed by atoms with Crippen molar-refractivity contribution in [2.45, 2.75) is 6.42 Å². The minimum Gasteiger partial charge on any atom is -0.372 e. The van der Waals surface area contributed by atoms with E-state index in [0.29, 0.717) is 19.6 Å². The van der Waals surface area contributed by atoms with Gasteiger partial charge in [0.1, 0.15) is 6.61 Å².